The molecule has 0 amide bonds. The molecule has 0 aromatic carbocycles. The van der Waals surface area contributed by atoms with E-state index < -0.39 is 0 Å². The van der Waals surface area contributed by atoms with Gasteiger partial charge in [-0.15, -0.1) is 11.3 Å². The average Bonchev–Trinajstić information content (AvgIpc) is 2.34. The molecule has 0 aliphatic heterocycles. The second-order valence-corrected chi connectivity index (χ2v) is 3.01. The molecule has 0 aliphatic rings. The van der Waals surface area contributed by atoms with Crippen molar-refractivity contribution in [2.75, 3.05) is 7.11 Å². The molecule has 1 aromatic heterocycles. The van der Waals surface area contributed by atoms with Gasteiger partial charge in [0.2, 0.25) is 0 Å². The number of aliphatic hydroxyl groups excluding tert-OH is 1. The number of hydrogen-bond acceptors (Lipinski definition) is 3. The third-order valence-electron chi connectivity index (χ3n) is 1.24. The summed E-state index contributed by atoms with van der Waals surface area (Å²) in [7, 11) is 1.62. The van der Waals surface area contributed by atoms with Crippen LogP contribution in [0.3, 0.4) is 0 Å². The summed E-state index contributed by atoms with van der Waals surface area (Å²) in [5, 5.41) is 11.0. The van der Waals surface area contributed by atoms with Gasteiger partial charge in [0.25, 0.3) is 0 Å². The zero-order valence-corrected chi connectivity index (χ0v) is 6.81. The predicted octanol–water partition coefficient (Wildman–Crippen LogP) is 1.81. The van der Waals surface area contributed by atoms with Gasteiger partial charge in [-0.2, -0.15) is 0 Å². The molecule has 0 bridgehead atoms. The lowest BCUT2D eigenvalue weighted by Gasteiger charge is -1.96. The van der Waals surface area contributed by atoms with E-state index in [0.717, 1.165) is 10.6 Å². The van der Waals surface area contributed by atoms with Crippen LogP contribution >= 0.6 is 11.3 Å². The molecule has 0 fully saturated rings. The van der Waals surface area contributed by atoms with Crippen molar-refractivity contribution >= 4 is 11.3 Å². The average molecular weight is 158 g/mol. The molecule has 1 N–H and O–H groups in total. The van der Waals surface area contributed by atoms with Crippen LogP contribution in [0.15, 0.2) is 11.4 Å². The van der Waals surface area contributed by atoms with Gasteiger partial charge in [-0.3, -0.25) is 0 Å². The Bertz CT molecular complexity index is 205. The Morgan fingerprint density at radius 2 is 2.40 bits per heavy atom. The highest BCUT2D eigenvalue weighted by molar-refractivity contribution is 7.10. The lowest BCUT2D eigenvalue weighted by molar-refractivity contribution is 0.203. The van der Waals surface area contributed by atoms with Gasteiger partial charge >= 0.3 is 0 Å². The van der Waals surface area contributed by atoms with Crippen molar-refractivity contribution in [3.63, 3.8) is 0 Å². The van der Waals surface area contributed by atoms with Crippen LogP contribution in [0, 0.1) is 0 Å². The first-order valence-corrected chi connectivity index (χ1v) is 3.92. The topological polar surface area (TPSA) is 29.5 Å². The highest BCUT2D eigenvalue weighted by atomic mass is 32.1. The first kappa shape index (κ1) is 7.57. The van der Waals surface area contributed by atoms with Crippen LogP contribution in [0.25, 0.3) is 0 Å². The molecule has 0 spiro atoms. The Morgan fingerprint density at radius 1 is 1.70 bits per heavy atom. The molecule has 56 valence electrons. The zero-order chi connectivity index (χ0) is 7.56. The van der Waals surface area contributed by atoms with Crippen LogP contribution < -0.4 is 4.74 Å². The van der Waals surface area contributed by atoms with Gasteiger partial charge in [0, 0.05) is 10.3 Å². The van der Waals surface area contributed by atoms with Crippen molar-refractivity contribution in [3.05, 3.63) is 16.3 Å². The third kappa shape index (κ3) is 1.49. The van der Waals surface area contributed by atoms with Gasteiger partial charge in [0.05, 0.1) is 13.2 Å². The minimum atomic E-state index is -0.381. The van der Waals surface area contributed by atoms with Crippen LogP contribution in [0.1, 0.15) is 17.9 Å². The van der Waals surface area contributed by atoms with Crippen molar-refractivity contribution in [1.82, 2.24) is 0 Å². The minimum Gasteiger partial charge on any atom is -0.496 e. The minimum absolute atomic E-state index is 0.381. The van der Waals surface area contributed by atoms with Gasteiger partial charge in [-0.05, 0) is 13.0 Å². The number of ether oxygens (including phenoxy) is 1. The number of methoxy groups -OCH3 is 1. The van der Waals surface area contributed by atoms with E-state index in [1.165, 1.54) is 11.3 Å². The lowest BCUT2D eigenvalue weighted by Crippen LogP contribution is -1.84. The Morgan fingerprint density at radius 3 is 2.70 bits per heavy atom. The monoisotopic (exact) mass is 158 g/mol. The van der Waals surface area contributed by atoms with Gasteiger partial charge in [0.1, 0.15) is 5.75 Å². The fourth-order valence-electron chi connectivity index (χ4n) is 0.660. The van der Waals surface area contributed by atoms with E-state index in [2.05, 4.69) is 0 Å². The number of thiophene rings is 1. The smallest absolute Gasteiger partial charge is 0.129 e. The van der Waals surface area contributed by atoms with E-state index in [0.29, 0.717) is 0 Å². The quantitative estimate of drug-likeness (QED) is 0.711. The van der Waals surface area contributed by atoms with Crippen molar-refractivity contribution in [1.29, 1.82) is 0 Å². The van der Waals surface area contributed by atoms with Crippen LogP contribution in [0.4, 0.5) is 0 Å². The van der Waals surface area contributed by atoms with Gasteiger partial charge in [-0.1, -0.05) is 0 Å². The van der Waals surface area contributed by atoms with Gasteiger partial charge in [0.15, 0.2) is 0 Å². The van der Waals surface area contributed by atoms with Crippen LogP contribution in [0.2, 0.25) is 0 Å². The summed E-state index contributed by atoms with van der Waals surface area (Å²) in [6.07, 6.45) is -0.381. The lowest BCUT2D eigenvalue weighted by atomic mass is 10.3. The predicted molar refractivity (Wildman–Crippen MR) is 41.5 cm³/mol. The Hall–Kier alpha value is -0.540. The molecular weight excluding hydrogens is 148 g/mol. The molecule has 0 saturated heterocycles. The standard InChI is InChI=1S/C7H10O2S/c1-5(8)7-3-6(9-2)4-10-7/h3-5,8H,1-2H3. The summed E-state index contributed by atoms with van der Waals surface area (Å²) >= 11 is 1.51. The Labute approximate surface area is 64.1 Å². The molecule has 3 heteroatoms. The van der Waals surface area contributed by atoms with E-state index in [-0.39, 0.29) is 6.10 Å². The summed E-state index contributed by atoms with van der Waals surface area (Å²) in [6.45, 7) is 1.74. The molecule has 2 nitrogen and oxygen atoms in total. The third-order valence-corrected chi connectivity index (χ3v) is 2.32. The Kier molecular flexibility index (Phi) is 2.29. The van der Waals surface area contributed by atoms with Gasteiger partial charge < -0.3 is 9.84 Å². The maximum absolute atomic E-state index is 9.09. The number of aliphatic hydroxyl groups is 1. The van der Waals surface area contributed by atoms with Crippen molar-refractivity contribution in [2.24, 2.45) is 0 Å². The summed E-state index contributed by atoms with van der Waals surface area (Å²) < 4.78 is 4.94. The molecule has 0 aliphatic carbocycles. The van der Waals surface area contributed by atoms with Crippen molar-refractivity contribution in [2.45, 2.75) is 13.0 Å². The SMILES string of the molecule is COc1csc(C(C)O)c1. The molecule has 0 radical (unpaired) electrons. The molecule has 1 rings (SSSR count). The van der Waals surface area contributed by atoms with E-state index in [1.54, 1.807) is 14.0 Å². The van der Waals surface area contributed by atoms with Crippen LogP contribution in [-0.2, 0) is 0 Å². The second kappa shape index (κ2) is 3.03. The second-order valence-electron chi connectivity index (χ2n) is 2.06. The summed E-state index contributed by atoms with van der Waals surface area (Å²) in [6, 6.07) is 1.84. The molecule has 1 atom stereocenters. The first-order valence-electron chi connectivity index (χ1n) is 3.04. The summed E-state index contributed by atoms with van der Waals surface area (Å²) in [5.41, 5.74) is 0. The van der Waals surface area contributed by atoms with E-state index in [1.807, 2.05) is 11.4 Å². The fraction of sp³-hybridized carbons (Fsp3) is 0.429. The largest absolute Gasteiger partial charge is 0.496 e. The van der Waals surface area contributed by atoms with Crippen LogP contribution in [0.5, 0.6) is 5.75 Å². The summed E-state index contributed by atoms with van der Waals surface area (Å²) in [5.74, 6) is 0.820. The van der Waals surface area contributed by atoms with Crippen molar-refractivity contribution in [3.8, 4) is 5.75 Å². The normalized spacial score (nSPS) is 13.1. The molecular formula is C7H10O2S. The van der Waals surface area contributed by atoms with E-state index in [4.69, 9.17) is 9.84 Å². The number of hydrogen-bond donors (Lipinski definition) is 1. The maximum atomic E-state index is 9.09. The van der Waals surface area contributed by atoms with Gasteiger partial charge in [-0.25, -0.2) is 0 Å². The van der Waals surface area contributed by atoms with Crippen molar-refractivity contribution < 1.29 is 9.84 Å². The molecule has 10 heavy (non-hydrogen) atoms. The molecule has 1 aromatic rings. The highest BCUT2D eigenvalue weighted by Crippen LogP contribution is 2.25. The Balaban J connectivity index is 2.78. The van der Waals surface area contributed by atoms with Crippen LogP contribution in [-0.4, -0.2) is 12.2 Å². The number of rotatable bonds is 2. The highest BCUT2D eigenvalue weighted by Gasteiger charge is 2.03. The maximum Gasteiger partial charge on any atom is 0.129 e. The first-order chi connectivity index (χ1) is 4.74. The van der Waals surface area contributed by atoms with E-state index >= 15 is 0 Å². The zero-order valence-electron chi connectivity index (χ0n) is 6.00. The fourth-order valence-corrected chi connectivity index (χ4v) is 1.46. The molecule has 0 saturated carbocycles. The molecule has 1 heterocycles. The molecule has 1 unspecified atom stereocenters. The summed E-state index contributed by atoms with van der Waals surface area (Å²) in [4.78, 5) is 0.942. The van der Waals surface area contributed by atoms with E-state index in [9.17, 15) is 0 Å².